The Bertz CT molecular complexity index is 559. The van der Waals surface area contributed by atoms with E-state index in [1.807, 2.05) is 0 Å². The minimum atomic E-state index is -3.62. The van der Waals surface area contributed by atoms with Crippen molar-refractivity contribution in [1.82, 2.24) is 9.62 Å². The van der Waals surface area contributed by atoms with E-state index in [4.69, 9.17) is 5.73 Å². The highest BCUT2D eigenvalue weighted by molar-refractivity contribution is 7.89. The van der Waals surface area contributed by atoms with Crippen LogP contribution in [0.3, 0.4) is 0 Å². The number of hydrogen-bond acceptors (Lipinski definition) is 4. The normalized spacial score (nSPS) is 19.9. The predicted molar refractivity (Wildman–Crippen MR) is 75.4 cm³/mol. The summed E-state index contributed by atoms with van der Waals surface area (Å²) in [6.07, 6.45) is 1.23. The molecule has 1 saturated heterocycles. The Kier molecular flexibility index (Phi) is 4.74. The molecule has 1 amide bonds. The standard InChI is InChI=1S/C13H19N3O3S/c14-8-9-15-13(17)12-7-4-10-16(12)20(18,19)11-5-2-1-3-6-11/h1-3,5-6,12H,4,7-10,14H2,(H,15,17). The van der Waals surface area contributed by atoms with Gasteiger partial charge in [0.2, 0.25) is 15.9 Å². The summed E-state index contributed by atoms with van der Waals surface area (Å²) >= 11 is 0. The van der Waals surface area contributed by atoms with Crippen molar-refractivity contribution in [3.05, 3.63) is 30.3 Å². The lowest BCUT2D eigenvalue weighted by Gasteiger charge is -2.23. The van der Waals surface area contributed by atoms with Gasteiger partial charge in [-0.05, 0) is 25.0 Å². The van der Waals surface area contributed by atoms with Gasteiger partial charge in [-0.3, -0.25) is 4.79 Å². The lowest BCUT2D eigenvalue weighted by atomic mass is 10.2. The third-order valence-corrected chi connectivity index (χ3v) is 5.22. The molecule has 1 unspecified atom stereocenters. The maximum Gasteiger partial charge on any atom is 0.243 e. The number of nitrogens with one attached hydrogen (secondary N) is 1. The predicted octanol–water partition coefficient (Wildman–Crippen LogP) is -0.0854. The molecule has 0 saturated carbocycles. The zero-order valence-corrected chi connectivity index (χ0v) is 12.0. The van der Waals surface area contributed by atoms with Crippen LogP contribution in [0.2, 0.25) is 0 Å². The van der Waals surface area contributed by atoms with Gasteiger partial charge in [-0.15, -0.1) is 0 Å². The SMILES string of the molecule is NCCNC(=O)C1CCCN1S(=O)(=O)c1ccccc1. The summed E-state index contributed by atoms with van der Waals surface area (Å²) in [5.74, 6) is -0.271. The second-order valence-corrected chi connectivity index (χ2v) is 6.56. The quantitative estimate of drug-likeness (QED) is 0.795. The van der Waals surface area contributed by atoms with E-state index in [0.717, 1.165) is 0 Å². The molecular formula is C13H19N3O3S. The van der Waals surface area contributed by atoms with Gasteiger partial charge in [0, 0.05) is 19.6 Å². The van der Waals surface area contributed by atoms with E-state index in [1.54, 1.807) is 30.3 Å². The third-order valence-electron chi connectivity index (χ3n) is 3.30. The minimum Gasteiger partial charge on any atom is -0.353 e. The van der Waals surface area contributed by atoms with Crippen LogP contribution in [0.25, 0.3) is 0 Å². The van der Waals surface area contributed by atoms with Crippen molar-refractivity contribution < 1.29 is 13.2 Å². The summed E-state index contributed by atoms with van der Waals surface area (Å²) in [5, 5.41) is 2.66. The molecule has 0 aromatic heterocycles. The van der Waals surface area contributed by atoms with Crippen molar-refractivity contribution in [3.63, 3.8) is 0 Å². The highest BCUT2D eigenvalue weighted by Crippen LogP contribution is 2.25. The molecular weight excluding hydrogens is 278 g/mol. The molecule has 110 valence electrons. The van der Waals surface area contributed by atoms with Crippen molar-refractivity contribution in [2.75, 3.05) is 19.6 Å². The number of carbonyl (C=O) groups excluding carboxylic acids is 1. The lowest BCUT2D eigenvalue weighted by molar-refractivity contribution is -0.124. The molecule has 1 aromatic carbocycles. The van der Waals surface area contributed by atoms with Crippen LogP contribution in [0.15, 0.2) is 35.2 Å². The van der Waals surface area contributed by atoms with Crippen LogP contribution in [0.1, 0.15) is 12.8 Å². The summed E-state index contributed by atoms with van der Waals surface area (Å²) in [5.41, 5.74) is 5.34. The van der Waals surface area contributed by atoms with Gasteiger partial charge in [-0.2, -0.15) is 4.31 Å². The van der Waals surface area contributed by atoms with Crippen molar-refractivity contribution in [3.8, 4) is 0 Å². The zero-order chi connectivity index (χ0) is 14.6. The Morgan fingerprint density at radius 1 is 1.35 bits per heavy atom. The van der Waals surface area contributed by atoms with Crippen molar-refractivity contribution >= 4 is 15.9 Å². The molecule has 3 N–H and O–H groups in total. The monoisotopic (exact) mass is 297 g/mol. The van der Waals surface area contributed by atoms with Crippen LogP contribution >= 0.6 is 0 Å². The van der Waals surface area contributed by atoms with Gasteiger partial charge in [0.25, 0.3) is 0 Å². The Hall–Kier alpha value is -1.44. The number of nitrogens with two attached hydrogens (primary N) is 1. The largest absolute Gasteiger partial charge is 0.353 e. The van der Waals surface area contributed by atoms with Gasteiger partial charge in [0.15, 0.2) is 0 Å². The number of rotatable bonds is 5. The lowest BCUT2D eigenvalue weighted by Crippen LogP contribution is -2.46. The van der Waals surface area contributed by atoms with Gasteiger partial charge in [0.1, 0.15) is 6.04 Å². The van der Waals surface area contributed by atoms with Gasteiger partial charge in [-0.25, -0.2) is 8.42 Å². The fourth-order valence-electron chi connectivity index (χ4n) is 2.33. The first kappa shape index (κ1) is 15.0. The number of nitrogens with zero attached hydrogens (tertiary/aromatic N) is 1. The first-order valence-corrected chi connectivity index (χ1v) is 8.06. The number of benzene rings is 1. The maximum absolute atomic E-state index is 12.5. The maximum atomic E-state index is 12.5. The van der Waals surface area contributed by atoms with Crippen LogP contribution in [-0.4, -0.2) is 44.3 Å². The molecule has 20 heavy (non-hydrogen) atoms. The van der Waals surface area contributed by atoms with Crippen LogP contribution < -0.4 is 11.1 Å². The molecule has 0 bridgehead atoms. The summed E-state index contributed by atoms with van der Waals surface area (Å²) in [4.78, 5) is 12.2. The molecule has 1 fully saturated rings. The molecule has 6 nitrogen and oxygen atoms in total. The summed E-state index contributed by atoms with van der Waals surface area (Å²) in [6.45, 7) is 1.07. The highest BCUT2D eigenvalue weighted by atomic mass is 32.2. The van der Waals surface area contributed by atoms with Gasteiger partial charge >= 0.3 is 0 Å². The van der Waals surface area contributed by atoms with Crippen molar-refractivity contribution in [2.45, 2.75) is 23.8 Å². The van der Waals surface area contributed by atoms with Crippen molar-refractivity contribution in [1.29, 1.82) is 0 Å². The number of carbonyl (C=O) groups is 1. The van der Waals surface area contributed by atoms with E-state index < -0.39 is 16.1 Å². The molecule has 0 radical (unpaired) electrons. The number of amides is 1. The molecule has 1 aliphatic rings. The average Bonchev–Trinajstić information content (AvgIpc) is 2.96. The molecule has 0 aliphatic carbocycles. The highest BCUT2D eigenvalue weighted by Gasteiger charge is 2.39. The summed E-state index contributed by atoms with van der Waals surface area (Å²) in [6, 6.07) is 7.56. The fourth-order valence-corrected chi connectivity index (χ4v) is 4.01. The molecule has 2 rings (SSSR count). The fraction of sp³-hybridized carbons (Fsp3) is 0.462. The van der Waals surface area contributed by atoms with Gasteiger partial charge in [-0.1, -0.05) is 18.2 Å². The molecule has 1 aliphatic heterocycles. The molecule has 7 heteroatoms. The van der Waals surface area contributed by atoms with E-state index in [9.17, 15) is 13.2 Å². The van der Waals surface area contributed by atoms with E-state index >= 15 is 0 Å². The third kappa shape index (κ3) is 3.00. The first-order chi connectivity index (χ1) is 9.57. The summed E-state index contributed by atoms with van der Waals surface area (Å²) in [7, 11) is -3.62. The Morgan fingerprint density at radius 2 is 2.05 bits per heavy atom. The van der Waals surface area contributed by atoms with E-state index in [-0.39, 0.29) is 10.8 Å². The van der Waals surface area contributed by atoms with Gasteiger partial charge in [0.05, 0.1) is 4.90 Å². The van der Waals surface area contributed by atoms with E-state index in [0.29, 0.717) is 32.5 Å². The number of hydrogen-bond donors (Lipinski definition) is 2. The average molecular weight is 297 g/mol. The van der Waals surface area contributed by atoms with Crippen LogP contribution in [0, 0.1) is 0 Å². The summed E-state index contributed by atoms with van der Waals surface area (Å²) < 4.78 is 26.4. The Labute approximate surface area is 119 Å². The molecule has 1 atom stereocenters. The van der Waals surface area contributed by atoms with Crippen molar-refractivity contribution in [2.24, 2.45) is 5.73 Å². The number of sulfonamides is 1. The minimum absolute atomic E-state index is 0.221. The van der Waals surface area contributed by atoms with Gasteiger partial charge < -0.3 is 11.1 Å². The zero-order valence-electron chi connectivity index (χ0n) is 11.2. The molecule has 0 spiro atoms. The van der Waals surface area contributed by atoms with Crippen LogP contribution in [0.4, 0.5) is 0 Å². The van der Waals surface area contributed by atoms with Crippen LogP contribution in [-0.2, 0) is 14.8 Å². The second kappa shape index (κ2) is 6.34. The molecule has 1 aromatic rings. The second-order valence-electron chi connectivity index (χ2n) is 4.67. The Balaban J connectivity index is 2.20. The van der Waals surface area contributed by atoms with E-state index in [2.05, 4.69) is 5.32 Å². The van der Waals surface area contributed by atoms with E-state index in [1.165, 1.54) is 4.31 Å². The van der Waals surface area contributed by atoms with Crippen LogP contribution in [0.5, 0.6) is 0 Å². The first-order valence-electron chi connectivity index (χ1n) is 6.62. The smallest absolute Gasteiger partial charge is 0.243 e. The Morgan fingerprint density at radius 3 is 2.70 bits per heavy atom. The topological polar surface area (TPSA) is 92.5 Å². The molecule has 1 heterocycles.